The maximum atomic E-state index is 12.0. The van der Waals surface area contributed by atoms with E-state index in [4.69, 9.17) is 16.7 Å². The Balaban J connectivity index is 2.74. The maximum absolute atomic E-state index is 12.0. The molecule has 1 aromatic carbocycles. The third kappa shape index (κ3) is 3.51. The number of benzene rings is 1. The highest BCUT2D eigenvalue weighted by Gasteiger charge is 2.13. The lowest BCUT2D eigenvalue weighted by atomic mass is 10.2. The average Bonchev–Trinajstić information content (AvgIpc) is 2.29. The van der Waals surface area contributed by atoms with E-state index in [-0.39, 0.29) is 12.5 Å². The first-order chi connectivity index (χ1) is 7.69. The van der Waals surface area contributed by atoms with Crippen molar-refractivity contribution in [2.75, 3.05) is 19.7 Å². The van der Waals surface area contributed by atoms with Crippen LogP contribution >= 0.6 is 11.6 Å². The molecule has 0 unspecified atom stereocenters. The Hall–Kier alpha value is -1.06. The predicted octanol–water partition coefficient (Wildman–Crippen LogP) is 2.18. The van der Waals surface area contributed by atoms with E-state index in [0.717, 1.165) is 0 Å². The van der Waals surface area contributed by atoms with E-state index < -0.39 is 0 Å². The van der Waals surface area contributed by atoms with E-state index in [1.807, 2.05) is 6.92 Å². The molecule has 0 aliphatic rings. The lowest BCUT2D eigenvalue weighted by molar-refractivity contribution is 0.0754. The fourth-order valence-electron chi connectivity index (χ4n) is 1.47. The Morgan fingerprint density at radius 3 is 2.81 bits per heavy atom. The van der Waals surface area contributed by atoms with E-state index in [0.29, 0.717) is 30.1 Å². The molecule has 4 heteroatoms. The van der Waals surface area contributed by atoms with Crippen LogP contribution in [0, 0.1) is 0 Å². The quantitative estimate of drug-likeness (QED) is 0.859. The van der Waals surface area contributed by atoms with Crippen LogP contribution in [-0.4, -0.2) is 35.6 Å². The molecule has 0 heterocycles. The van der Waals surface area contributed by atoms with Gasteiger partial charge in [-0.25, -0.2) is 0 Å². The van der Waals surface area contributed by atoms with Crippen molar-refractivity contribution in [1.82, 2.24) is 4.90 Å². The second-order valence-electron chi connectivity index (χ2n) is 3.47. The Labute approximate surface area is 101 Å². The number of amides is 1. The molecular formula is C12H16ClNO2. The van der Waals surface area contributed by atoms with E-state index in [2.05, 4.69) is 0 Å². The molecular weight excluding hydrogens is 226 g/mol. The molecule has 0 fully saturated rings. The second kappa shape index (κ2) is 6.51. The van der Waals surface area contributed by atoms with Crippen LogP contribution in [0.3, 0.4) is 0 Å². The van der Waals surface area contributed by atoms with Gasteiger partial charge in [0.25, 0.3) is 5.91 Å². The minimum absolute atomic E-state index is 0.0431. The number of aliphatic hydroxyl groups excluding tert-OH is 1. The lowest BCUT2D eigenvalue weighted by Crippen LogP contribution is -2.32. The monoisotopic (exact) mass is 241 g/mol. The Morgan fingerprint density at radius 2 is 2.25 bits per heavy atom. The summed E-state index contributed by atoms with van der Waals surface area (Å²) in [6.45, 7) is 3.21. The molecule has 0 radical (unpaired) electrons. The number of aliphatic hydroxyl groups is 1. The normalized spacial score (nSPS) is 10.2. The van der Waals surface area contributed by atoms with Crippen LogP contribution in [0.25, 0.3) is 0 Å². The van der Waals surface area contributed by atoms with Gasteiger partial charge in [0.2, 0.25) is 0 Å². The molecule has 0 saturated heterocycles. The van der Waals surface area contributed by atoms with Crippen molar-refractivity contribution in [3.05, 3.63) is 34.9 Å². The molecule has 1 aromatic rings. The van der Waals surface area contributed by atoms with Crippen LogP contribution in [0.4, 0.5) is 0 Å². The highest BCUT2D eigenvalue weighted by molar-refractivity contribution is 6.30. The molecule has 0 saturated carbocycles. The van der Waals surface area contributed by atoms with Crippen molar-refractivity contribution in [1.29, 1.82) is 0 Å². The Kier molecular flexibility index (Phi) is 5.29. The first kappa shape index (κ1) is 13.0. The van der Waals surface area contributed by atoms with Gasteiger partial charge >= 0.3 is 0 Å². The van der Waals surface area contributed by atoms with Crippen molar-refractivity contribution >= 4 is 17.5 Å². The average molecular weight is 242 g/mol. The predicted molar refractivity (Wildman–Crippen MR) is 64.7 cm³/mol. The number of carbonyl (C=O) groups excluding carboxylic acids is 1. The van der Waals surface area contributed by atoms with Crippen molar-refractivity contribution in [2.24, 2.45) is 0 Å². The summed E-state index contributed by atoms with van der Waals surface area (Å²) >= 11 is 5.83. The zero-order chi connectivity index (χ0) is 12.0. The van der Waals surface area contributed by atoms with Gasteiger partial charge < -0.3 is 10.0 Å². The van der Waals surface area contributed by atoms with Crippen LogP contribution in [0.1, 0.15) is 23.7 Å². The molecule has 0 spiro atoms. The summed E-state index contributed by atoms with van der Waals surface area (Å²) in [5.41, 5.74) is 0.590. The van der Waals surface area contributed by atoms with Gasteiger partial charge in [-0.1, -0.05) is 17.7 Å². The topological polar surface area (TPSA) is 40.5 Å². The van der Waals surface area contributed by atoms with E-state index in [1.54, 1.807) is 29.2 Å². The number of carbonyl (C=O) groups is 1. The van der Waals surface area contributed by atoms with Crippen molar-refractivity contribution in [3.8, 4) is 0 Å². The number of nitrogens with zero attached hydrogens (tertiary/aromatic N) is 1. The summed E-state index contributed by atoms with van der Waals surface area (Å²) in [7, 11) is 0. The first-order valence-electron chi connectivity index (χ1n) is 5.34. The molecule has 0 aromatic heterocycles. The lowest BCUT2D eigenvalue weighted by Gasteiger charge is -2.20. The summed E-state index contributed by atoms with van der Waals surface area (Å²) < 4.78 is 0. The smallest absolute Gasteiger partial charge is 0.253 e. The summed E-state index contributed by atoms with van der Waals surface area (Å²) in [5, 5.41) is 9.31. The zero-order valence-corrected chi connectivity index (χ0v) is 10.1. The Bertz CT molecular complexity index is 355. The van der Waals surface area contributed by atoms with Crippen LogP contribution in [-0.2, 0) is 0 Å². The molecule has 0 aliphatic carbocycles. The number of hydrogen-bond acceptors (Lipinski definition) is 2. The molecule has 1 amide bonds. The standard InChI is InChI=1S/C12H16ClNO2/c1-2-14(7-4-8-15)12(16)10-5-3-6-11(13)9-10/h3,5-6,9,15H,2,4,7-8H2,1H3. The fraction of sp³-hybridized carbons (Fsp3) is 0.417. The largest absolute Gasteiger partial charge is 0.396 e. The van der Waals surface area contributed by atoms with Crippen molar-refractivity contribution in [2.45, 2.75) is 13.3 Å². The van der Waals surface area contributed by atoms with Crippen molar-refractivity contribution in [3.63, 3.8) is 0 Å². The minimum atomic E-state index is -0.0431. The molecule has 88 valence electrons. The molecule has 1 N–H and O–H groups in total. The van der Waals surface area contributed by atoms with Gasteiger partial charge in [0, 0.05) is 30.3 Å². The van der Waals surface area contributed by atoms with Crippen LogP contribution < -0.4 is 0 Å². The highest BCUT2D eigenvalue weighted by atomic mass is 35.5. The maximum Gasteiger partial charge on any atom is 0.253 e. The van der Waals surface area contributed by atoms with Gasteiger partial charge in [-0.3, -0.25) is 4.79 Å². The van der Waals surface area contributed by atoms with E-state index in [1.165, 1.54) is 0 Å². The summed E-state index contributed by atoms with van der Waals surface area (Å²) in [6.07, 6.45) is 0.597. The number of rotatable bonds is 5. The van der Waals surface area contributed by atoms with E-state index in [9.17, 15) is 4.79 Å². The second-order valence-corrected chi connectivity index (χ2v) is 3.91. The third-order valence-electron chi connectivity index (χ3n) is 2.33. The molecule has 0 atom stereocenters. The fourth-order valence-corrected chi connectivity index (χ4v) is 1.66. The van der Waals surface area contributed by atoms with Gasteiger partial charge in [-0.15, -0.1) is 0 Å². The SMILES string of the molecule is CCN(CCCO)C(=O)c1cccc(Cl)c1. The van der Waals surface area contributed by atoms with Gasteiger partial charge in [0.05, 0.1) is 0 Å². The first-order valence-corrected chi connectivity index (χ1v) is 5.72. The minimum Gasteiger partial charge on any atom is -0.396 e. The van der Waals surface area contributed by atoms with Crippen LogP contribution in [0.15, 0.2) is 24.3 Å². The van der Waals surface area contributed by atoms with Crippen LogP contribution in [0.2, 0.25) is 5.02 Å². The number of halogens is 1. The molecule has 3 nitrogen and oxygen atoms in total. The third-order valence-corrected chi connectivity index (χ3v) is 2.56. The van der Waals surface area contributed by atoms with Gasteiger partial charge in [0.1, 0.15) is 0 Å². The number of hydrogen-bond donors (Lipinski definition) is 1. The summed E-state index contributed by atoms with van der Waals surface area (Å²) in [5.74, 6) is -0.0431. The summed E-state index contributed by atoms with van der Waals surface area (Å²) in [4.78, 5) is 13.7. The van der Waals surface area contributed by atoms with Gasteiger partial charge in [-0.2, -0.15) is 0 Å². The molecule has 1 rings (SSSR count). The van der Waals surface area contributed by atoms with Gasteiger partial charge in [-0.05, 0) is 31.5 Å². The summed E-state index contributed by atoms with van der Waals surface area (Å²) in [6, 6.07) is 6.90. The van der Waals surface area contributed by atoms with Crippen molar-refractivity contribution < 1.29 is 9.90 Å². The molecule has 16 heavy (non-hydrogen) atoms. The Morgan fingerprint density at radius 1 is 1.50 bits per heavy atom. The highest BCUT2D eigenvalue weighted by Crippen LogP contribution is 2.12. The zero-order valence-electron chi connectivity index (χ0n) is 9.32. The van der Waals surface area contributed by atoms with E-state index >= 15 is 0 Å². The molecule has 0 aliphatic heterocycles. The van der Waals surface area contributed by atoms with Gasteiger partial charge in [0.15, 0.2) is 0 Å². The van der Waals surface area contributed by atoms with Crippen LogP contribution in [0.5, 0.6) is 0 Å². The molecule has 0 bridgehead atoms.